The Bertz CT molecular complexity index is 744. The SMILES string of the molecule is CC(C)c1cccc(C(C)C)c1NC(=O)C(NC(=O)O)c1ccccc1. The zero-order chi connectivity index (χ0) is 19.3. The number of carbonyl (C=O) groups excluding carboxylic acids is 1. The minimum absolute atomic E-state index is 0.228. The molecule has 0 spiro atoms. The average Bonchev–Trinajstić information content (AvgIpc) is 2.59. The first-order chi connectivity index (χ1) is 12.3. The number of carbonyl (C=O) groups is 2. The highest BCUT2D eigenvalue weighted by Crippen LogP contribution is 2.33. The lowest BCUT2D eigenvalue weighted by Gasteiger charge is -2.23. The highest BCUT2D eigenvalue weighted by atomic mass is 16.4. The maximum absolute atomic E-state index is 13.0. The van der Waals surface area contributed by atoms with Gasteiger partial charge in [-0.15, -0.1) is 0 Å². The molecule has 2 aromatic carbocycles. The molecule has 0 bridgehead atoms. The fraction of sp³-hybridized carbons (Fsp3) is 0.333. The van der Waals surface area contributed by atoms with E-state index in [1.165, 1.54) is 0 Å². The van der Waals surface area contributed by atoms with Gasteiger partial charge in [0.15, 0.2) is 0 Å². The molecule has 0 saturated carbocycles. The van der Waals surface area contributed by atoms with Crippen molar-refractivity contribution >= 4 is 17.7 Å². The summed E-state index contributed by atoms with van der Waals surface area (Å²) in [6.45, 7) is 8.27. The second-order valence-corrected chi connectivity index (χ2v) is 6.90. The smallest absolute Gasteiger partial charge is 0.405 e. The van der Waals surface area contributed by atoms with Gasteiger partial charge in [-0.3, -0.25) is 4.79 Å². The summed E-state index contributed by atoms with van der Waals surface area (Å²) in [6.07, 6.45) is -1.24. The van der Waals surface area contributed by atoms with Gasteiger partial charge >= 0.3 is 6.09 Å². The van der Waals surface area contributed by atoms with E-state index in [1.54, 1.807) is 24.3 Å². The molecule has 0 aliphatic rings. The quantitative estimate of drug-likeness (QED) is 0.692. The van der Waals surface area contributed by atoms with Crippen molar-refractivity contribution in [3.8, 4) is 0 Å². The first-order valence-electron chi connectivity index (χ1n) is 8.79. The van der Waals surface area contributed by atoms with Gasteiger partial charge in [0.1, 0.15) is 6.04 Å². The van der Waals surface area contributed by atoms with Crippen molar-refractivity contribution in [3.05, 3.63) is 65.2 Å². The van der Waals surface area contributed by atoms with E-state index in [1.807, 2.05) is 24.3 Å². The minimum Gasteiger partial charge on any atom is -0.465 e. The third-order valence-electron chi connectivity index (χ3n) is 4.28. The molecule has 5 heteroatoms. The van der Waals surface area contributed by atoms with E-state index in [-0.39, 0.29) is 11.8 Å². The fourth-order valence-corrected chi connectivity index (χ4v) is 2.96. The van der Waals surface area contributed by atoms with Crippen molar-refractivity contribution in [2.75, 3.05) is 5.32 Å². The molecule has 2 rings (SSSR count). The van der Waals surface area contributed by atoms with Crippen molar-refractivity contribution in [2.45, 2.75) is 45.6 Å². The summed E-state index contributed by atoms with van der Waals surface area (Å²) in [7, 11) is 0. The zero-order valence-electron chi connectivity index (χ0n) is 15.6. The standard InChI is InChI=1S/C21H26N2O3/c1-13(2)16-11-8-12-17(14(3)4)19(16)22-20(24)18(23-21(25)26)15-9-6-5-7-10-15/h5-14,18,23H,1-4H3,(H,22,24)(H,25,26). The predicted molar refractivity (Wildman–Crippen MR) is 104 cm³/mol. The molecule has 0 aromatic heterocycles. The fourth-order valence-electron chi connectivity index (χ4n) is 2.96. The molecular formula is C21H26N2O3. The van der Waals surface area contributed by atoms with Crippen LogP contribution in [0.3, 0.4) is 0 Å². The van der Waals surface area contributed by atoms with E-state index < -0.39 is 18.0 Å². The van der Waals surface area contributed by atoms with Crippen LogP contribution in [0.4, 0.5) is 10.5 Å². The number of carboxylic acid groups (broad SMARTS) is 1. The van der Waals surface area contributed by atoms with Gasteiger partial charge in [-0.05, 0) is 28.5 Å². The van der Waals surface area contributed by atoms with Crippen LogP contribution in [-0.4, -0.2) is 17.1 Å². The first kappa shape index (κ1) is 19.5. The Morgan fingerprint density at radius 2 is 1.38 bits per heavy atom. The largest absolute Gasteiger partial charge is 0.465 e. The highest BCUT2D eigenvalue weighted by Gasteiger charge is 2.25. The molecule has 0 aliphatic carbocycles. The summed E-state index contributed by atoms with van der Waals surface area (Å²) < 4.78 is 0. The summed E-state index contributed by atoms with van der Waals surface area (Å²) in [5.41, 5.74) is 3.44. The Morgan fingerprint density at radius 3 is 1.85 bits per heavy atom. The normalized spacial score (nSPS) is 12.1. The van der Waals surface area contributed by atoms with Gasteiger partial charge in [0.2, 0.25) is 0 Å². The van der Waals surface area contributed by atoms with Crippen molar-refractivity contribution in [2.24, 2.45) is 0 Å². The van der Waals surface area contributed by atoms with Crippen LogP contribution in [0.25, 0.3) is 0 Å². The Balaban J connectivity index is 2.42. The average molecular weight is 354 g/mol. The van der Waals surface area contributed by atoms with Crippen LogP contribution in [0.15, 0.2) is 48.5 Å². The predicted octanol–water partition coefficient (Wildman–Crippen LogP) is 4.88. The van der Waals surface area contributed by atoms with E-state index in [0.717, 1.165) is 16.8 Å². The molecule has 0 aliphatic heterocycles. The molecule has 0 saturated heterocycles. The Labute approximate surface area is 154 Å². The van der Waals surface area contributed by atoms with Gasteiger partial charge in [0, 0.05) is 5.69 Å². The molecule has 5 nitrogen and oxygen atoms in total. The second kappa shape index (κ2) is 8.52. The van der Waals surface area contributed by atoms with E-state index in [4.69, 9.17) is 5.11 Å². The molecule has 0 heterocycles. The van der Waals surface area contributed by atoms with Crippen LogP contribution in [0.5, 0.6) is 0 Å². The van der Waals surface area contributed by atoms with E-state index in [0.29, 0.717) is 5.56 Å². The van der Waals surface area contributed by atoms with Crippen LogP contribution in [0.2, 0.25) is 0 Å². The first-order valence-corrected chi connectivity index (χ1v) is 8.79. The van der Waals surface area contributed by atoms with Crippen molar-refractivity contribution in [3.63, 3.8) is 0 Å². The molecule has 2 amide bonds. The van der Waals surface area contributed by atoms with Crippen LogP contribution in [-0.2, 0) is 4.79 Å². The van der Waals surface area contributed by atoms with E-state index in [2.05, 4.69) is 38.3 Å². The van der Waals surface area contributed by atoms with Gasteiger partial charge in [-0.1, -0.05) is 76.2 Å². The van der Waals surface area contributed by atoms with E-state index in [9.17, 15) is 9.59 Å². The van der Waals surface area contributed by atoms with Gasteiger partial charge in [0.25, 0.3) is 5.91 Å². The lowest BCUT2D eigenvalue weighted by molar-refractivity contribution is -0.118. The molecule has 26 heavy (non-hydrogen) atoms. The highest BCUT2D eigenvalue weighted by molar-refractivity contribution is 5.98. The zero-order valence-corrected chi connectivity index (χ0v) is 15.6. The van der Waals surface area contributed by atoms with E-state index >= 15 is 0 Å². The molecule has 0 radical (unpaired) electrons. The monoisotopic (exact) mass is 354 g/mol. The second-order valence-electron chi connectivity index (χ2n) is 6.90. The Kier molecular flexibility index (Phi) is 6.39. The third-order valence-corrected chi connectivity index (χ3v) is 4.28. The molecule has 0 fully saturated rings. The van der Waals surface area contributed by atoms with Crippen LogP contribution in [0, 0.1) is 0 Å². The summed E-state index contributed by atoms with van der Waals surface area (Å²) in [5.74, 6) is 0.0619. The number of hydrogen-bond donors (Lipinski definition) is 3. The van der Waals surface area contributed by atoms with Crippen LogP contribution in [0.1, 0.15) is 62.3 Å². The third kappa shape index (κ3) is 4.63. The number of rotatable bonds is 6. The van der Waals surface area contributed by atoms with Gasteiger partial charge in [0.05, 0.1) is 0 Å². The summed E-state index contributed by atoms with van der Waals surface area (Å²) in [6, 6.07) is 13.9. The maximum Gasteiger partial charge on any atom is 0.405 e. The summed E-state index contributed by atoms with van der Waals surface area (Å²) in [5, 5.41) is 14.5. The molecule has 3 N–H and O–H groups in total. The number of amides is 2. The van der Waals surface area contributed by atoms with Gasteiger partial charge in [-0.2, -0.15) is 0 Å². The topological polar surface area (TPSA) is 78.4 Å². The molecular weight excluding hydrogens is 328 g/mol. The number of hydrogen-bond acceptors (Lipinski definition) is 2. The van der Waals surface area contributed by atoms with Gasteiger partial charge in [-0.25, -0.2) is 4.79 Å². The van der Waals surface area contributed by atoms with Crippen molar-refractivity contribution in [1.29, 1.82) is 0 Å². The molecule has 1 unspecified atom stereocenters. The van der Waals surface area contributed by atoms with Crippen LogP contribution < -0.4 is 10.6 Å². The molecule has 1 atom stereocenters. The summed E-state index contributed by atoms with van der Waals surface area (Å²) >= 11 is 0. The molecule has 2 aromatic rings. The summed E-state index contributed by atoms with van der Waals surface area (Å²) in [4.78, 5) is 24.2. The maximum atomic E-state index is 13.0. The Morgan fingerprint density at radius 1 is 0.846 bits per heavy atom. The number of para-hydroxylation sites is 1. The van der Waals surface area contributed by atoms with Gasteiger partial charge < -0.3 is 15.7 Å². The lowest BCUT2D eigenvalue weighted by Crippen LogP contribution is -2.36. The molecule has 138 valence electrons. The van der Waals surface area contributed by atoms with Crippen molar-refractivity contribution in [1.82, 2.24) is 5.32 Å². The van der Waals surface area contributed by atoms with Crippen molar-refractivity contribution < 1.29 is 14.7 Å². The lowest BCUT2D eigenvalue weighted by atomic mass is 9.92. The number of nitrogens with one attached hydrogen (secondary N) is 2. The number of anilines is 1. The Hall–Kier alpha value is -2.82. The minimum atomic E-state index is -1.24. The van der Waals surface area contributed by atoms with Crippen LogP contribution >= 0.6 is 0 Å². The number of benzene rings is 2.